The first kappa shape index (κ1) is 32.3. The van der Waals surface area contributed by atoms with E-state index >= 15 is 0 Å². The quantitative estimate of drug-likeness (QED) is 0.232. The number of benzene rings is 3. The maximum absolute atomic E-state index is 13.3. The van der Waals surface area contributed by atoms with Crippen molar-refractivity contribution in [3.63, 3.8) is 0 Å². The zero-order valence-electron chi connectivity index (χ0n) is 25.1. The lowest BCUT2D eigenvalue weighted by Crippen LogP contribution is -2.46. The maximum Gasteiger partial charge on any atom is 0.416 e. The number of amides is 1. The van der Waals surface area contributed by atoms with Gasteiger partial charge in [-0.15, -0.1) is 0 Å². The zero-order valence-corrected chi connectivity index (χ0v) is 25.1. The summed E-state index contributed by atoms with van der Waals surface area (Å²) in [6, 6.07) is 22.1. The largest absolute Gasteiger partial charge is 0.463 e. The second kappa shape index (κ2) is 14.2. The first-order chi connectivity index (χ1) is 20.5. The molecule has 4 rings (SSSR count). The lowest BCUT2D eigenvalue weighted by atomic mass is 9.72. The normalized spacial score (nSPS) is 16.1. The summed E-state index contributed by atoms with van der Waals surface area (Å²) in [5.41, 5.74) is 1.70. The van der Waals surface area contributed by atoms with Crippen LogP contribution in [0.2, 0.25) is 0 Å². The first-order valence-corrected chi connectivity index (χ1v) is 15.1. The van der Waals surface area contributed by atoms with Gasteiger partial charge in [0, 0.05) is 30.1 Å². The van der Waals surface area contributed by atoms with Gasteiger partial charge in [0.15, 0.2) is 0 Å². The van der Waals surface area contributed by atoms with E-state index in [1.807, 2.05) is 32.0 Å². The monoisotopic (exact) mass is 594 g/mol. The van der Waals surface area contributed by atoms with Crippen molar-refractivity contribution in [2.24, 2.45) is 0 Å². The van der Waals surface area contributed by atoms with Crippen LogP contribution in [0.3, 0.4) is 0 Å². The number of halogens is 3. The molecule has 1 heterocycles. The Morgan fingerprint density at radius 1 is 0.907 bits per heavy atom. The number of rotatable bonds is 11. The second-order valence-corrected chi connectivity index (χ2v) is 11.7. The molecule has 1 fully saturated rings. The molecule has 43 heavy (non-hydrogen) atoms. The van der Waals surface area contributed by atoms with Crippen LogP contribution in [0, 0.1) is 0 Å². The van der Waals surface area contributed by atoms with Crippen LogP contribution in [0.15, 0.2) is 78.9 Å². The molecular weight excluding hydrogens is 553 g/mol. The molecule has 1 aliphatic heterocycles. The molecule has 0 aromatic heterocycles. The number of hydrogen-bond donors (Lipinski definition) is 1. The number of ether oxygens (including phenoxy) is 1. The van der Waals surface area contributed by atoms with E-state index in [9.17, 15) is 22.8 Å². The molecule has 0 bridgehead atoms. The first-order valence-electron chi connectivity index (χ1n) is 15.1. The van der Waals surface area contributed by atoms with Gasteiger partial charge in [-0.2, -0.15) is 13.2 Å². The van der Waals surface area contributed by atoms with Crippen LogP contribution >= 0.6 is 0 Å². The van der Waals surface area contributed by atoms with Gasteiger partial charge < -0.3 is 15.0 Å². The molecular formula is C35H41F3N2O3. The number of hydrogen-bond acceptors (Lipinski definition) is 4. The molecule has 1 amide bonds. The van der Waals surface area contributed by atoms with Crippen LogP contribution in [0.1, 0.15) is 74.4 Å². The van der Waals surface area contributed by atoms with Crippen LogP contribution in [-0.2, 0) is 21.1 Å². The van der Waals surface area contributed by atoms with Crippen LogP contribution in [0.25, 0.3) is 11.1 Å². The topological polar surface area (TPSA) is 58.6 Å². The van der Waals surface area contributed by atoms with Gasteiger partial charge in [0.1, 0.15) is 0 Å². The number of piperidine rings is 1. The summed E-state index contributed by atoms with van der Waals surface area (Å²) in [6.07, 6.45) is -1.04. The third kappa shape index (κ3) is 8.47. The van der Waals surface area contributed by atoms with Crippen LogP contribution in [0.4, 0.5) is 13.2 Å². The van der Waals surface area contributed by atoms with E-state index in [4.69, 9.17) is 4.74 Å². The highest BCUT2D eigenvalue weighted by Gasteiger charge is 2.35. The lowest BCUT2D eigenvalue weighted by Gasteiger charge is -2.37. The van der Waals surface area contributed by atoms with Crippen LogP contribution < -0.4 is 5.32 Å². The molecule has 0 spiro atoms. The van der Waals surface area contributed by atoms with Gasteiger partial charge in [-0.1, -0.05) is 67.6 Å². The SMILES string of the molecule is CCC(CCN1CCC(NC(=O)c2ccccc2-c2ccc(C(F)(F)F)cc2)CC1)(CC(=O)OC(C)C)c1ccccc1. The van der Waals surface area contributed by atoms with Crippen LogP contribution in [0.5, 0.6) is 0 Å². The van der Waals surface area contributed by atoms with E-state index in [-0.39, 0.29) is 29.4 Å². The van der Waals surface area contributed by atoms with Crippen molar-refractivity contribution in [1.82, 2.24) is 10.2 Å². The van der Waals surface area contributed by atoms with Gasteiger partial charge in [0.05, 0.1) is 18.1 Å². The molecule has 1 unspecified atom stereocenters. The molecule has 0 radical (unpaired) electrons. The minimum Gasteiger partial charge on any atom is -0.463 e. The molecule has 5 nitrogen and oxygen atoms in total. The Balaban J connectivity index is 1.36. The van der Waals surface area contributed by atoms with E-state index in [2.05, 4.69) is 29.3 Å². The fourth-order valence-corrected chi connectivity index (χ4v) is 5.92. The number of nitrogens with zero attached hydrogens (tertiary/aromatic N) is 1. The maximum atomic E-state index is 13.3. The highest BCUT2D eigenvalue weighted by Crippen LogP contribution is 2.37. The second-order valence-electron chi connectivity index (χ2n) is 11.7. The van der Waals surface area contributed by atoms with Gasteiger partial charge in [0.2, 0.25) is 0 Å². The van der Waals surface area contributed by atoms with Crippen LogP contribution in [-0.4, -0.2) is 48.6 Å². The van der Waals surface area contributed by atoms with Crippen molar-refractivity contribution in [3.8, 4) is 11.1 Å². The van der Waals surface area contributed by atoms with Gasteiger partial charge in [-0.3, -0.25) is 9.59 Å². The summed E-state index contributed by atoms with van der Waals surface area (Å²) in [5.74, 6) is -0.412. The van der Waals surface area contributed by atoms with Gasteiger partial charge in [0.25, 0.3) is 5.91 Å². The Morgan fingerprint density at radius 2 is 1.53 bits per heavy atom. The number of likely N-dealkylation sites (tertiary alicyclic amines) is 1. The van der Waals surface area contributed by atoms with Crippen molar-refractivity contribution >= 4 is 11.9 Å². The molecule has 3 aromatic carbocycles. The van der Waals surface area contributed by atoms with E-state index in [0.29, 0.717) is 23.1 Å². The molecule has 0 saturated carbocycles. The van der Waals surface area contributed by atoms with Gasteiger partial charge >= 0.3 is 12.1 Å². The predicted molar refractivity (Wildman–Crippen MR) is 163 cm³/mol. The minimum atomic E-state index is -4.41. The minimum absolute atomic E-state index is 0.00418. The van der Waals surface area contributed by atoms with E-state index in [1.165, 1.54) is 12.1 Å². The molecule has 1 aliphatic rings. The van der Waals surface area contributed by atoms with Crippen molar-refractivity contribution in [3.05, 3.63) is 95.6 Å². The van der Waals surface area contributed by atoms with Crippen molar-refractivity contribution in [1.29, 1.82) is 0 Å². The highest BCUT2D eigenvalue weighted by molar-refractivity contribution is 6.01. The standard InChI is InChI=1S/C35H41F3N2O3/c1-4-34(24-32(41)43-25(2)3,27-10-6-5-7-11-27)20-23-40-21-18-29(19-22-40)39-33(42)31-13-9-8-12-30(31)26-14-16-28(17-15-26)35(36,37)38/h5-17,25,29H,4,18-24H2,1-3H3,(H,39,42). The third-order valence-corrected chi connectivity index (χ3v) is 8.44. The Bertz CT molecular complexity index is 1350. The zero-order chi connectivity index (χ0) is 31.0. The third-order valence-electron chi connectivity index (χ3n) is 8.44. The summed E-state index contributed by atoms with van der Waals surface area (Å²) < 4.78 is 44.6. The summed E-state index contributed by atoms with van der Waals surface area (Å²) in [4.78, 5) is 28.5. The molecule has 1 N–H and O–H groups in total. The van der Waals surface area contributed by atoms with Gasteiger partial charge in [-0.25, -0.2) is 0 Å². The Hall–Kier alpha value is -3.65. The molecule has 230 valence electrons. The number of carbonyl (C=O) groups excluding carboxylic acids is 2. The van der Waals surface area contributed by atoms with E-state index in [0.717, 1.165) is 63.0 Å². The summed E-state index contributed by atoms with van der Waals surface area (Å²) in [6.45, 7) is 8.32. The lowest BCUT2D eigenvalue weighted by molar-refractivity contribution is -0.149. The van der Waals surface area contributed by atoms with Crippen molar-refractivity contribution in [2.75, 3.05) is 19.6 Å². The Kier molecular flexibility index (Phi) is 10.7. The summed E-state index contributed by atoms with van der Waals surface area (Å²) >= 11 is 0. The summed E-state index contributed by atoms with van der Waals surface area (Å²) in [5, 5.41) is 3.15. The Morgan fingerprint density at radius 3 is 2.14 bits per heavy atom. The average molecular weight is 595 g/mol. The highest BCUT2D eigenvalue weighted by atomic mass is 19.4. The number of alkyl halides is 3. The fraction of sp³-hybridized carbons (Fsp3) is 0.429. The fourth-order valence-electron chi connectivity index (χ4n) is 5.92. The van der Waals surface area contributed by atoms with E-state index in [1.54, 1.807) is 24.3 Å². The number of esters is 1. The van der Waals surface area contributed by atoms with Gasteiger partial charge in [-0.05, 0) is 81.0 Å². The molecule has 3 aromatic rings. The smallest absolute Gasteiger partial charge is 0.416 e. The number of nitrogens with one attached hydrogen (secondary N) is 1. The Labute approximate surface area is 252 Å². The molecule has 1 atom stereocenters. The summed E-state index contributed by atoms with van der Waals surface area (Å²) in [7, 11) is 0. The van der Waals surface area contributed by atoms with Crippen molar-refractivity contribution in [2.45, 2.75) is 76.6 Å². The predicted octanol–water partition coefficient (Wildman–Crippen LogP) is 7.65. The molecule has 8 heteroatoms. The number of carbonyl (C=O) groups is 2. The average Bonchev–Trinajstić information content (AvgIpc) is 2.99. The molecule has 0 aliphatic carbocycles. The van der Waals surface area contributed by atoms with E-state index < -0.39 is 11.7 Å². The molecule has 1 saturated heterocycles. The van der Waals surface area contributed by atoms with Crippen molar-refractivity contribution < 1.29 is 27.5 Å².